The Bertz CT molecular complexity index is 754. The Balaban J connectivity index is 1.58. The zero-order chi connectivity index (χ0) is 21.6. The molecule has 30 heavy (non-hydrogen) atoms. The lowest BCUT2D eigenvalue weighted by Gasteiger charge is -2.72. The van der Waals surface area contributed by atoms with Gasteiger partial charge in [-0.25, -0.2) is 0 Å². The molecular formula is C28H44O2. The highest BCUT2D eigenvalue weighted by Crippen LogP contribution is 2.77. The van der Waals surface area contributed by atoms with E-state index >= 15 is 0 Å². The van der Waals surface area contributed by atoms with Gasteiger partial charge in [-0.1, -0.05) is 46.6 Å². The third-order valence-electron chi connectivity index (χ3n) is 12.4. The molecule has 5 rings (SSSR count). The third kappa shape index (κ3) is 2.30. The minimum Gasteiger partial charge on any atom is -0.481 e. The second kappa shape index (κ2) is 6.38. The smallest absolute Gasteiger partial charge is 0.309 e. The van der Waals surface area contributed by atoms with E-state index < -0.39 is 11.4 Å². The summed E-state index contributed by atoms with van der Waals surface area (Å²) in [5.41, 5.74) is 0.882. The molecule has 3 unspecified atom stereocenters. The maximum absolute atomic E-state index is 12.5. The summed E-state index contributed by atoms with van der Waals surface area (Å²) in [5.74, 6) is 1.99. The summed E-state index contributed by atoms with van der Waals surface area (Å²) >= 11 is 0. The van der Waals surface area contributed by atoms with Crippen molar-refractivity contribution in [3.05, 3.63) is 12.7 Å². The average Bonchev–Trinajstić information content (AvgIpc) is 3.12. The highest BCUT2D eigenvalue weighted by molar-refractivity contribution is 5.76. The van der Waals surface area contributed by atoms with Crippen molar-refractivity contribution in [3.63, 3.8) is 0 Å². The van der Waals surface area contributed by atoms with Gasteiger partial charge in [-0.3, -0.25) is 4.79 Å². The Morgan fingerprint density at radius 1 is 0.833 bits per heavy atom. The summed E-state index contributed by atoms with van der Waals surface area (Å²) in [4.78, 5) is 12.5. The lowest BCUT2D eigenvalue weighted by atomic mass is 9.32. The van der Waals surface area contributed by atoms with Crippen molar-refractivity contribution in [1.82, 2.24) is 0 Å². The van der Waals surface area contributed by atoms with Gasteiger partial charge in [0.2, 0.25) is 0 Å². The Morgan fingerprint density at radius 3 is 2.30 bits per heavy atom. The molecule has 2 heteroatoms. The number of fused-ring (bicyclic) bond motifs is 7. The van der Waals surface area contributed by atoms with Crippen LogP contribution in [0.15, 0.2) is 12.7 Å². The molecular weight excluding hydrogens is 368 g/mol. The van der Waals surface area contributed by atoms with E-state index in [9.17, 15) is 9.90 Å². The topological polar surface area (TPSA) is 37.3 Å². The Morgan fingerprint density at radius 2 is 1.60 bits per heavy atom. The number of rotatable bonds is 2. The van der Waals surface area contributed by atoms with Crippen LogP contribution in [0.3, 0.4) is 0 Å². The van der Waals surface area contributed by atoms with E-state index in [0.29, 0.717) is 22.7 Å². The first kappa shape index (κ1) is 21.1. The number of aliphatic carboxylic acids is 1. The van der Waals surface area contributed by atoms with Crippen LogP contribution in [0.25, 0.3) is 0 Å². The lowest BCUT2D eigenvalue weighted by Crippen LogP contribution is -2.65. The molecule has 8 atom stereocenters. The van der Waals surface area contributed by atoms with E-state index in [2.05, 4.69) is 40.3 Å². The molecule has 0 aromatic rings. The molecule has 168 valence electrons. The fourth-order valence-electron chi connectivity index (χ4n) is 11.2. The minimum atomic E-state index is -0.500. The van der Waals surface area contributed by atoms with Gasteiger partial charge >= 0.3 is 5.97 Å². The van der Waals surface area contributed by atoms with Gasteiger partial charge in [0.1, 0.15) is 0 Å². The summed E-state index contributed by atoms with van der Waals surface area (Å²) in [6, 6.07) is 0. The molecule has 0 aliphatic heterocycles. The molecule has 0 aromatic heterocycles. The zero-order valence-electron chi connectivity index (χ0n) is 19.9. The molecule has 0 heterocycles. The Kier molecular flexibility index (Phi) is 4.48. The molecule has 2 nitrogen and oxygen atoms in total. The molecule has 0 bridgehead atoms. The van der Waals surface area contributed by atoms with Gasteiger partial charge in [0.05, 0.1) is 5.41 Å². The van der Waals surface area contributed by atoms with Crippen LogP contribution in [0.1, 0.15) is 105 Å². The van der Waals surface area contributed by atoms with Crippen molar-refractivity contribution >= 4 is 5.97 Å². The predicted molar refractivity (Wildman–Crippen MR) is 122 cm³/mol. The summed E-state index contributed by atoms with van der Waals surface area (Å²) in [6.45, 7) is 14.8. The average molecular weight is 413 g/mol. The highest BCUT2D eigenvalue weighted by Gasteiger charge is 2.70. The van der Waals surface area contributed by atoms with Crippen molar-refractivity contribution < 1.29 is 9.90 Å². The Labute approximate surface area is 184 Å². The zero-order valence-corrected chi connectivity index (χ0v) is 19.9. The van der Waals surface area contributed by atoms with Crippen LogP contribution >= 0.6 is 0 Å². The second-order valence-corrected chi connectivity index (χ2v) is 13.3. The van der Waals surface area contributed by atoms with E-state index in [0.717, 1.165) is 43.9 Å². The van der Waals surface area contributed by atoms with Crippen LogP contribution in [-0.4, -0.2) is 11.1 Å². The van der Waals surface area contributed by atoms with E-state index in [1.165, 1.54) is 44.9 Å². The molecule has 0 spiro atoms. The van der Waals surface area contributed by atoms with Crippen LogP contribution in [0.5, 0.6) is 0 Å². The predicted octanol–water partition coefficient (Wildman–Crippen LogP) is 7.48. The molecule has 0 amide bonds. The first-order chi connectivity index (χ1) is 14.1. The monoisotopic (exact) mass is 412 g/mol. The van der Waals surface area contributed by atoms with Crippen LogP contribution in [0.4, 0.5) is 0 Å². The van der Waals surface area contributed by atoms with E-state index in [4.69, 9.17) is 0 Å². The van der Waals surface area contributed by atoms with Gasteiger partial charge in [0.25, 0.3) is 0 Å². The van der Waals surface area contributed by atoms with E-state index in [1.807, 2.05) is 0 Å². The van der Waals surface area contributed by atoms with Crippen molar-refractivity contribution in [2.24, 2.45) is 50.7 Å². The van der Waals surface area contributed by atoms with Gasteiger partial charge in [0, 0.05) is 0 Å². The van der Waals surface area contributed by atoms with Gasteiger partial charge in [-0.2, -0.15) is 0 Å². The van der Waals surface area contributed by atoms with Crippen LogP contribution < -0.4 is 0 Å². The number of carboxylic acid groups (broad SMARTS) is 1. The molecule has 5 aliphatic rings. The van der Waals surface area contributed by atoms with Gasteiger partial charge in [0.15, 0.2) is 0 Å². The largest absolute Gasteiger partial charge is 0.481 e. The van der Waals surface area contributed by atoms with Crippen LogP contribution in [-0.2, 0) is 4.79 Å². The van der Waals surface area contributed by atoms with Crippen LogP contribution in [0.2, 0.25) is 0 Å². The molecule has 5 saturated carbocycles. The number of carbonyl (C=O) groups is 1. The van der Waals surface area contributed by atoms with Crippen molar-refractivity contribution in [2.45, 2.75) is 105 Å². The molecule has 0 radical (unpaired) electrons. The Hall–Kier alpha value is -0.790. The van der Waals surface area contributed by atoms with E-state index in [-0.39, 0.29) is 10.8 Å². The third-order valence-corrected chi connectivity index (χ3v) is 12.4. The number of carboxylic acids is 1. The SMILES string of the molecule is C=C[C@@]12CC[C@@]3(C(=O)O)CCC[C@H]3C1CCC1[C@@]3(C)CCCC(C)(C)C3CC[C@]12C. The normalized spacial score (nSPS) is 54.3. The summed E-state index contributed by atoms with van der Waals surface area (Å²) in [6.07, 6.45) is 16.8. The van der Waals surface area contributed by atoms with Crippen molar-refractivity contribution in [1.29, 1.82) is 0 Å². The fourth-order valence-corrected chi connectivity index (χ4v) is 11.2. The van der Waals surface area contributed by atoms with Crippen LogP contribution in [0, 0.1) is 50.7 Å². The number of allylic oxidation sites excluding steroid dienone is 1. The maximum atomic E-state index is 12.5. The number of hydrogen-bond acceptors (Lipinski definition) is 1. The molecule has 0 saturated heterocycles. The first-order valence-electron chi connectivity index (χ1n) is 12.9. The van der Waals surface area contributed by atoms with E-state index in [1.54, 1.807) is 0 Å². The quantitative estimate of drug-likeness (QED) is 0.477. The molecule has 1 N–H and O–H groups in total. The second-order valence-electron chi connectivity index (χ2n) is 13.3. The molecule has 0 aromatic carbocycles. The molecule has 5 aliphatic carbocycles. The summed E-state index contributed by atoms with van der Waals surface area (Å²) < 4.78 is 0. The first-order valence-corrected chi connectivity index (χ1v) is 12.9. The van der Waals surface area contributed by atoms with Crippen molar-refractivity contribution in [2.75, 3.05) is 0 Å². The van der Waals surface area contributed by atoms with Gasteiger partial charge < -0.3 is 5.11 Å². The van der Waals surface area contributed by atoms with Gasteiger partial charge in [-0.05, 0) is 110 Å². The molecule has 5 fully saturated rings. The number of hydrogen-bond donors (Lipinski definition) is 1. The van der Waals surface area contributed by atoms with Gasteiger partial charge in [-0.15, -0.1) is 6.58 Å². The highest BCUT2D eigenvalue weighted by atomic mass is 16.4. The summed E-state index contributed by atoms with van der Waals surface area (Å²) in [7, 11) is 0. The lowest BCUT2D eigenvalue weighted by molar-refractivity contribution is -0.225. The van der Waals surface area contributed by atoms with Crippen molar-refractivity contribution in [3.8, 4) is 0 Å². The standard InChI is InChI=1S/C28H44O2/c1-6-28-18-17-27(23(29)30)15-7-9-19(27)20(28)10-11-22-25(4)14-8-13-24(2,3)21(25)12-16-26(22,28)5/h6,19-22H,1,7-18H2,2-5H3,(H,29,30)/t19-,20?,21?,22?,25-,26+,27-,28+/m0/s1. The minimum absolute atomic E-state index is 0.138. The fraction of sp³-hybridized carbons (Fsp3) is 0.893. The summed E-state index contributed by atoms with van der Waals surface area (Å²) in [5, 5.41) is 10.3. The maximum Gasteiger partial charge on any atom is 0.309 e.